The Labute approximate surface area is 126 Å². The van der Waals surface area contributed by atoms with Gasteiger partial charge in [-0.15, -0.1) is 0 Å². The van der Waals surface area contributed by atoms with E-state index in [0.29, 0.717) is 6.61 Å². The number of ether oxygens (including phenoxy) is 1. The molecule has 1 saturated heterocycles. The third kappa shape index (κ3) is 4.29. The highest BCUT2D eigenvalue weighted by Crippen LogP contribution is 2.27. The summed E-state index contributed by atoms with van der Waals surface area (Å²) in [7, 11) is 0. The van der Waals surface area contributed by atoms with Gasteiger partial charge < -0.3 is 9.84 Å². The van der Waals surface area contributed by atoms with Crippen molar-refractivity contribution >= 4 is 5.97 Å². The third-order valence-electron chi connectivity index (χ3n) is 4.11. The standard InChI is InChI=1S/C17H25NO3/c1-12-6-13(2)8-15(7-12)9-18-16(10-19)4-5-17(18)11-21-14(3)20/h6-8,16-17,19H,4-5,9-11H2,1-3H3/t16?,17-/m1/s1. The number of benzene rings is 1. The number of rotatable bonds is 5. The van der Waals surface area contributed by atoms with Crippen molar-refractivity contribution in [3.63, 3.8) is 0 Å². The predicted octanol–water partition coefficient (Wildman–Crippen LogP) is 2.19. The fourth-order valence-electron chi connectivity index (χ4n) is 3.23. The van der Waals surface area contributed by atoms with E-state index in [1.54, 1.807) is 0 Å². The van der Waals surface area contributed by atoms with Gasteiger partial charge in [0.05, 0.1) is 6.61 Å². The summed E-state index contributed by atoms with van der Waals surface area (Å²) < 4.78 is 5.17. The van der Waals surface area contributed by atoms with Crippen LogP contribution in [0.15, 0.2) is 18.2 Å². The molecule has 116 valence electrons. The summed E-state index contributed by atoms with van der Waals surface area (Å²) in [6.07, 6.45) is 1.91. The van der Waals surface area contributed by atoms with E-state index in [1.165, 1.54) is 23.6 Å². The molecule has 1 heterocycles. The molecule has 1 N–H and O–H groups in total. The van der Waals surface area contributed by atoms with E-state index in [0.717, 1.165) is 19.4 Å². The Hall–Kier alpha value is -1.39. The van der Waals surface area contributed by atoms with Crippen molar-refractivity contribution in [3.8, 4) is 0 Å². The zero-order valence-corrected chi connectivity index (χ0v) is 13.1. The van der Waals surface area contributed by atoms with Crippen LogP contribution in [0.1, 0.15) is 36.5 Å². The average molecular weight is 291 g/mol. The molecule has 0 bridgehead atoms. The Morgan fingerprint density at radius 1 is 1.24 bits per heavy atom. The smallest absolute Gasteiger partial charge is 0.302 e. The largest absolute Gasteiger partial charge is 0.464 e. The van der Waals surface area contributed by atoms with Gasteiger partial charge in [-0.3, -0.25) is 9.69 Å². The van der Waals surface area contributed by atoms with Crippen molar-refractivity contribution in [1.82, 2.24) is 4.90 Å². The van der Waals surface area contributed by atoms with Crippen molar-refractivity contribution in [3.05, 3.63) is 34.9 Å². The number of esters is 1. The SMILES string of the molecule is CC(=O)OC[C@H]1CCC(CO)N1Cc1cc(C)cc(C)c1. The highest BCUT2D eigenvalue weighted by Gasteiger charge is 2.33. The van der Waals surface area contributed by atoms with Crippen LogP contribution in [0.3, 0.4) is 0 Å². The molecule has 1 unspecified atom stereocenters. The summed E-state index contributed by atoms with van der Waals surface area (Å²) in [5, 5.41) is 9.57. The molecule has 0 aromatic heterocycles. The second-order valence-electron chi connectivity index (χ2n) is 6.04. The minimum atomic E-state index is -0.242. The Kier molecular flexibility index (Phi) is 5.37. The summed E-state index contributed by atoms with van der Waals surface area (Å²) in [6, 6.07) is 6.89. The normalized spacial score (nSPS) is 22.5. The maximum absolute atomic E-state index is 11.0. The molecule has 1 aliphatic rings. The van der Waals surface area contributed by atoms with E-state index < -0.39 is 0 Å². The highest BCUT2D eigenvalue weighted by molar-refractivity contribution is 5.65. The molecular formula is C17H25NO3. The van der Waals surface area contributed by atoms with Gasteiger partial charge in [0.1, 0.15) is 6.61 Å². The Bertz CT molecular complexity index is 481. The third-order valence-corrected chi connectivity index (χ3v) is 4.11. The van der Waals surface area contributed by atoms with Crippen molar-refractivity contribution in [2.75, 3.05) is 13.2 Å². The number of nitrogens with zero attached hydrogens (tertiary/aromatic N) is 1. The van der Waals surface area contributed by atoms with Gasteiger partial charge >= 0.3 is 5.97 Å². The maximum Gasteiger partial charge on any atom is 0.302 e. The van der Waals surface area contributed by atoms with Gasteiger partial charge in [0.15, 0.2) is 0 Å². The second-order valence-corrected chi connectivity index (χ2v) is 6.04. The second kappa shape index (κ2) is 7.05. The number of likely N-dealkylation sites (tertiary alicyclic amines) is 1. The molecule has 1 aromatic carbocycles. The fourth-order valence-corrected chi connectivity index (χ4v) is 3.23. The first-order valence-corrected chi connectivity index (χ1v) is 7.56. The van der Waals surface area contributed by atoms with Crippen LogP contribution in [-0.2, 0) is 16.1 Å². The van der Waals surface area contributed by atoms with Gasteiger partial charge in [0.25, 0.3) is 0 Å². The number of hydrogen-bond acceptors (Lipinski definition) is 4. The summed E-state index contributed by atoms with van der Waals surface area (Å²) in [5.41, 5.74) is 3.75. The lowest BCUT2D eigenvalue weighted by atomic mass is 10.1. The average Bonchev–Trinajstić information content (AvgIpc) is 2.77. The van der Waals surface area contributed by atoms with Crippen molar-refractivity contribution < 1.29 is 14.6 Å². The first-order valence-electron chi connectivity index (χ1n) is 7.56. The monoisotopic (exact) mass is 291 g/mol. The van der Waals surface area contributed by atoms with E-state index in [9.17, 15) is 9.90 Å². The number of aliphatic hydroxyl groups is 1. The van der Waals surface area contributed by atoms with Crippen LogP contribution in [0, 0.1) is 13.8 Å². The van der Waals surface area contributed by atoms with Gasteiger partial charge in [-0.05, 0) is 32.3 Å². The number of aryl methyl sites for hydroxylation is 2. The zero-order valence-electron chi connectivity index (χ0n) is 13.1. The van der Waals surface area contributed by atoms with Crippen molar-refractivity contribution in [1.29, 1.82) is 0 Å². The topological polar surface area (TPSA) is 49.8 Å². The number of aliphatic hydroxyl groups excluding tert-OH is 1. The van der Waals surface area contributed by atoms with Crippen molar-refractivity contribution in [2.45, 2.75) is 52.2 Å². The molecule has 21 heavy (non-hydrogen) atoms. The van der Waals surface area contributed by atoms with Gasteiger partial charge in [-0.1, -0.05) is 29.3 Å². The quantitative estimate of drug-likeness (QED) is 0.845. The number of carbonyl (C=O) groups excluding carboxylic acids is 1. The molecule has 2 rings (SSSR count). The molecule has 0 radical (unpaired) electrons. The molecule has 0 amide bonds. The van der Waals surface area contributed by atoms with E-state index in [-0.39, 0.29) is 24.7 Å². The molecule has 0 saturated carbocycles. The first kappa shape index (κ1) is 16.0. The van der Waals surface area contributed by atoms with Crippen LogP contribution in [-0.4, -0.2) is 41.3 Å². The lowest BCUT2D eigenvalue weighted by molar-refractivity contribution is -0.142. The molecule has 1 aliphatic heterocycles. The van der Waals surface area contributed by atoms with Crippen LogP contribution >= 0.6 is 0 Å². The lowest BCUT2D eigenvalue weighted by Gasteiger charge is -2.29. The van der Waals surface area contributed by atoms with Gasteiger partial charge in [-0.2, -0.15) is 0 Å². The molecular weight excluding hydrogens is 266 g/mol. The molecule has 2 atom stereocenters. The summed E-state index contributed by atoms with van der Waals surface area (Å²) >= 11 is 0. The lowest BCUT2D eigenvalue weighted by Crippen LogP contribution is -2.40. The predicted molar refractivity (Wildman–Crippen MR) is 82.0 cm³/mol. The van der Waals surface area contributed by atoms with Crippen LogP contribution in [0.25, 0.3) is 0 Å². The van der Waals surface area contributed by atoms with Crippen LogP contribution < -0.4 is 0 Å². The number of hydrogen-bond donors (Lipinski definition) is 1. The summed E-state index contributed by atoms with van der Waals surface area (Å²) in [6.45, 7) is 6.99. The highest BCUT2D eigenvalue weighted by atomic mass is 16.5. The van der Waals surface area contributed by atoms with Gasteiger partial charge in [-0.25, -0.2) is 0 Å². The molecule has 1 fully saturated rings. The minimum Gasteiger partial charge on any atom is -0.464 e. The Morgan fingerprint density at radius 3 is 2.43 bits per heavy atom. The van der Waals surface area contributed by atoms with E-state index in [2.05, 4.69) is 36.9 Å². The van der Waals surface area contributed by atoms with Crippen LogP contribution in [0.5, 0.6) is 0 Å². The van der Waals surface area contributed by atoms with Crippen molar-refractivity contribution in [2.24, 2.45) is 0 Å². The first-order chi connectivity index (χ1) is 9.99. The Morgan fingerprint density at radius 2 is 1.86 bits per heavy atom. The van der Waals surface area contributed by atoms with Gasteiger partial charge in [0, 0.05) is 25.6 Å². The molecule has 4 nitrogen and oxygen atoms in total. The summed E-state index contributed by atoms with van der Waals surface area (Å²) in [5.74, 6) is -0.242. The molecule has 4 heteroatoms. The zero-order chi connectivity index (χ0) is 15.4. The molecule has 0 aliphatic carbocycles. The van der Waals surface area contributed by atoms with E-state index in [1.807, 2.05) is 0 Å². The fraction of sp³-hybridized carbons (Fsp3) is 0.588. The molecule has 1 aromatic rings. The van der Waals surface area contributed by atoms with E-state index in [4.69, 9.17) is 4.74 Å². The molecule has 0 spiro atoms. The van der Waals surface area contributed by atoms with E-state index >= 15 is 0 Å². The van der Waals surface area contributed by atoms with Crippen LogP contribution in [0.2, 0.25) is 0 Å². The summed E-state index contributed by atoms with van der Waals surface area (Å²) in [4.78, 5) is 13.3. The minimum absolute atomic E-state index is 0.154. The van der Waals surface area contributed by atoms with Gasteiger partial charge in [0.2, 0.25) is 0 Å². The number of carbonyl (C=O) groups is 1. The Balaban J connectivity index is 2.10. The van der Waals surface area contributed by atoms with Crippen LogP contribution in [0.4, 0.5) is 0 Å². The maximum atomic E-state index is 11.0.